The number of nitriles is 1. The lowest BCUT2D eigenvalue weighted by atomic mass is 10.1. The molecule has 0 radical (unpaired) electrons. The molecule has 3 rings (SSSR count). The molecule has 1 aromatic heterocycles. The van der Waals surface area contributed by atoms with Crippen molar-refractivity contribution in [2.24, 2.45) is 5.73 Å². The highest BCUT2D eigenvalue weighted by Crippen LogP contribution is 2.33. The number of aromatic nitrogens is 1. The number of pyridine rings is 1. The van der Waals surface area contributed by atoms with Crippen molar-refractivity contribution in [2.45, 2.75) is 6.42 Å². The fraction of sp³-hybridized carbons (Fsp3) is 0.222. The van der Waals surface area contributed by atoms with E-state index >= 15 is 0 Å². The monoisotopic (exact) mass is 306 g/mol. The van der Waals surface area contributed by atoms with Crippen molar-refractivity contribution in [1.29, 1.82) is 5.26 Å². The molecule has 0 fully saturated rings. The Balaban J connectivity index is 2.25. The number of fused-ring (bicyclic) bond motifs is 2. The second kappa shape index (κ2) is 6.51. The molecule has 0 amide bonds. The van der Waals surface area contributed by atoms with Gasteiger partial charge in [-0.15, -0.1) is 0 Å². The van der Waals surface area contributed by atoms with Gasteiger partial charge in [0.15, 0.2) is 0 Å². The number of benzene rings is 2. The lowest BCUT2D eigenvalue weighted by Gasteiger charge is -2.14. The highest BCUT2D eigenvalue weighted by Gasteiger charge is 2.10. The number of nitrogens with one attached hydrogen (secondary N) is 1. The van der Waals surface area contributed by atoms with Crippen LogP contribution in [0.5, 0.6) is 5.75 Å². The maximum Gasteiger partial charge on any atom is 0.119 e. The summed E-state index contributed by atoms with van der Waals surface area (Å²) in [5, 5.41) is 14.5. The van der Waals surface area contributed by atoms with Gasteiger partial charge in [0.1, 0.15) is 5.75 Å². The number of nitrogens with two attached hydrogens (primary N) is 1. The number of rotatable bonds is 5. The van der Waals surface area contributed by atoms with Gasteiger partial charge >= 0.3 is 0 Å². The van der Waals surface area contributed by atoms with E-state index in [1.807, 2.05) is 36.4 Å². The number of ether oxygens (including phenoxy) is 1. The SMILES string of the molecule is COc1ccc2nc3cc(C#N)ccc3c(NCCCN)c2c1. The number of methoxy groups -OCH3 is 1. The van der Waals surface area contributed by atoms with Gasteiger partial charge in [0.25, 0.3) is 0 Å². The number of hydrogen-bond donors (Lipinski definition) is 2. The van der Waals surface area contributed by atoms with Crippen LogP contribution >= 0.6 is 0 Å². The van der Waals surface area contributed by atoms with E-state index in [1.54, 1.807) is 7.11 Å². The fourth-order valence-corrected chi connectivity index (χ4v) is 2.63. The topological polar surface area (TPSA) is 84.0 Å². The Kier molecular flexibility index (Phi) is 4.26. The standard InChI is InChI=1S/C18H18N4O/c1-23-13-4-6-16-15(10-13)18(21-8-2-7-19)14-5-3-12(11-20)9-17(14)22-16/h3-6,9-10H,2,7-8,19H2,1H3,(H,21,22). The van der Waals surface area contributed by atoms with E-state index in [4.69, 9.17) is 15.7 Å². The number of hydrogen-bond acceptors (Lipinski definition) is 5. The molecular formula is C18H18N4O. The summed E-state index contributed by atoms with van der Waals surface area (Å²) < 4.78 is 5.33. The zero-order chi connectivity index (χ0) is 16.2. The normalized spacial score (nSPS) is 10.7. The third-order valence-corrected chi connectivity index (χ3v) is 3.79. The average molecular weight is 306 g/mol. The Bertz CT molecular complexity index is 899. The highest BCUT2D eigenvalue weighted by molar-refractivity contribution is 6.08. The number of nitrogens with zero attached hydrogens (tertiary/aromatic N) is 2. The summed E-state index contributed by atoms with van der Waals surface area (Å²) in [6.07, 6.45) is 0.881. The van der Waals surface area contributed by atoms with E-state index < -0.39 is 0 Å². The molecule has 3 N–H and O–H groups in total. The Morgan fingerprint density at radius 1 is 1.17 bits per heavy atom. The van der Waals surface area contributed by atoms with Crippen LogP contribution in [0, 0.1) is 11.3 Å². The van der Waals surface area contributed by atoms with Gasteiger partial charge in [-0.1, -0.05) is 0 Å². The van der Waals surface area contributed by atoms with Crippen LogP contribution in [0.15, 0.2) is 36.4 Å². The molecule has 1 heterocycles. The lowest BCUT2D eigenvalue weighted by Crippen LogP contribution is -2.09. The molecule has 116 valence electrons. The summed E-state index contributed by atoms with van der Waals surface area (Å²) in [7, 11) is 1.65. The van der Waals surface area contributed by atoms with E-state index in [2.05, 4.69) is 16.4 Å². The Labute approximate surface area is 134 Å². The third-order valence-electron chi connectivity index (χ3n) is 3.79. The predicted octanol–water partition coefficient (Wildman–Crippen LogP) is 3.03. The second-order valence-electron chi connectivity index (χ2n) is 5.28. The zero-order valence-corrected chi connectivity index (χ0v) is 13.0. The summed E-state index contributed by atoms with van der Waals surface area (Å²) in [5.41, 5.74) is 8.86. The van der Waals surface area contributed by atoms with E-state index in [0.717, 1.165) is 46.2 Å². The van der Waals surface area contributed by atoms with E-state index in [-0.39, 0.29) is 0 Å². The fourth-order valence-electron chi connectivity index (χ4n) is 2.63. The molecule has 0 aliphatic heterocycles. The second-order valence-corrected chi connectivity index (χ2v) is 5.28. The van der Waals surface area contributed by atoms with Crippen LogP contribution in [0.1, 0.15) is 12.0 Å². The minimum absolute atomic E-state index is 0.603. The average Bonchev–Trinajstić information content (AvgIpc) is 2.60. The summed E-state index contributed by atoms with van der Waals surface area (Å²) in [5.74, 6) is 0.786. The molecule has 0 unspecified atom stereocenters. The van der Waals surface area contributed by atoms with Crippen LogP contribution in [0.3, 0.4) is 0 Å². The Morgan fingerprint density at radius 2 is 2.04 bits per heavy atom. The van der Waals surface area contributed by atoms with Crippen molar-refractivity contribution in [3.05, 3.63) is 42.0 Å². The van der Waals surface area contributed by atoms with Crippen LogP contribution in [-0.4, -0.2) is 25.2 Å². The Morgan fingerprint density at radius 3 is 2.78 bits per heavy atom. The van der Waals surface area contributed by atoms with Gasteiger partial charge in [-0.3, -0.25) is 0 Å². The molecule has 0 bridgehead atoms. The largest absolute Gasteiger partial charge is 0.497 e. The minimum atomic E-state index is 0.603. The van der Waals surface area contributed by atoms with E-state index in [0.29, 0.717) is 12.1 Å². The Hall–Kier alpha value is -2.84. The first-order valence-corrected chi connectivity index (χ1v) is 7.52. The molecule has 2 aromatic carbocycles. The van der Waals surface area contributed by atoms with Gasteiger partial charge in [-0.2, -0.15) is 5.26 Å². The molecule has 5 nitrogen and oxygen atoms in total. The van der Waals surface area contributed by atoms with Crippen LogP contribution in [0.25, 0.3) is 21.8 Å². The predicted molar refractivity (Wildman–Crippen MR) is 92.7 cm³/mol. The van der Waals surface area contributed by atoms with Crippen LogP contribution in [0.4, 0.5) is 5.69 Å². The van der Waals surface area contributed by atoms with Crippen molar-refractivity contribution >= 4 is 27.5 Å². The first-order chi connectivity index (χ1) is 11.3. The van der Waals surface area contributed by atoms with Crippen LogP contribution in [0.2, 0.25) is 0 Å². The molecule has 0 saturated heterocycles. The van der Waals surface area contributed by atoms with Crippen molar-refractivity contribution in [2.75, 3.05) is 25.5 Å². The zero-order valence-electron chi connectivity index (χ0n) is 13.0. The van der Waals surface area contributed by atoms with Gasteiger partial charge in [0.05, 0.1) is 35.5 Å². The van der Waals surface area contributed by atoms with Gasteiger partial charge in [-0.05, 0) is 49.4 Å². The molecule has 0 saturated carbocycles. The first kappa shape index (κ1) is 15.1. The maximum absolute atomic E-state index is 9.10. The lowest BCUT2D eigenvalue weighted by molar-refractivity contribution is 0.415. The highest BCUT2D eigenvalue weighted by atomic mass is 16.5. The summed E-state index contributed by atoms with van der Waals surface area (Å²) in [6.45, 7) is 1.41. The van der Waals surface area contributed by atoms with Crippen LogP contribution in [-0.2, 0) is 0 Å². The summed E-state index contributed by atoms with van der Waals surface area (Å²) >= 11 is 0. The van der Waals surface area contributed by atoms with Gasteiger partial charge in [0, 0.05) is 17.3 Å². The molecule has 3 aromatic rings. The summed E-state index contributed by atoms with van der Waals surface area (Å²) in [6, 6.07) is 13.5. The molecule has 0 aliphatic carbocycles. The first-order valence-electron chi connectivity index (χ1n) is 7.52. The van der Waals surface area contributed by atoms with Gasteiger partial charge in [0.2, 0.25) is 0 Å². The van der Waals surface area contributed by atoms with Gasteiger partial charge in [-0.25, -0.2) is 4.98 Å². The quantitative estimate of drug-likeness (QED) is 0.559. The van der Waals surface area contributed by atoms with Crippen molar-refractivity contribution in [3.8, 4) is 11.8 Å². The maximum atomic E-state index is 9.10. The van der Waals surface area contributed by atoms with Crippen molar-refractivity contribution in [1.82, 2.24) is 4.98 Å². The van der Waals surface area contributed by atoms with Crippen LogP contribution < -0.4 is 15.8 Å². The van der Waals surface area contributed by atoms with E-state index in [1.165, 1.54) is 0 Å². The molecule has 0 aliphatic rings. The van der Waals surface area contributed by atoms with E-state index in [9.17, 15) is 0 Å². The molecule has 5 heteroatoms. The molecule has 0 spiro atoms. The third kappa shape index (κ3) is 2.89. The van der Waals surface area contributed by atoms with Crippen molar-refractivity contribution in [3.63, 3.8) is 0 Å². The minimum Gasteiger partial charge on any atom is -0.497 e. The smallest absolute Gasteiger partial charge is 0.119 e. The molecule has 23 heavy (non-hydrogen) atoms. The molecule has 0 atom stereocenters. The summed E-state index contributed by atoms with van der Waals surface area (Å²) in [4.78, 5) is 4.68. The van der Waals surface area contributed by atoms with Crippen molar-refractivity contribution < 1.29 is 4.74 Å². The molecular weight excluding hydrogens is 288 g/mol. The van der Waals surface area contributed by atoms with Gasteiger partial charge < -0.3 is 15.8 Å². The number of anilines is 1.